The van der Waals surface area contributed by atoms with Crippen molar-refractivity contribution in [2.75, 3.05) is 6.61 Å². The van der Waals surface area contributed by atoms with Crippen LogP contribution in [0.2, 0.25) is 0 Å². The molecule has 0 radical (unpaired) electrons. The summed E-state index contributed by atoms with van der Waals surface area (Å²) in [5, 5.41) is 0. The zero-order valence-electron chi connectivity index (χ0n) is 18.6. The van der Waals surface area contributed by atoms with E-state index < -0.39 is 5.79 Å². The largest absolute Gasteiger partial charge is 0.374 e. The van der Waals surface area contributed by atoms with Gasteiger partial charge in [-0.2, -0.15) is 0 Å². The molecule has 2 aliphatic rings. The average Bonchev–Trinajstić information content (AvgIpc) is 3.36. The Balaban J connectivity index is 1.48. The molecule has 2 aromatic rings. The molecule has 4 rings (SSSR count). The molecule has 2 heterocycles. The molecule has 0 aliphatic carbocycles. The fraction of sp³-hybridized carbons (Fsp3) is 0.481. The highest BCUT2D eigenvalue weighted by atomic mass is 16.8. The molecule has 166 valence electrons. The van der Waals surface area contributed by atoms with Gasteiger partial charge in [-0.25, -0.2) is 0 Å². The van der Waals surface area contributed by atoms with Gasteiger partial charge < -0.3 is 18.9 Å². The minimum atomic E-state index is -0.534. The monoisotopic (exact) mass is 422 g/mol. The molecule has 2 aromatic carbocycles. The molecule has 2 aliphatic heterocycles. The fourth-order valence-electron chi connectivity index (χ4n) is 4.71. The summed E-state index contributed by atoms with van der Waals surface area (Å²) < 4.78 is 25.6. The molecule has 0 amide bonds. The van der Waals surface area contributed by atoms with Crippen molar-refractivity contribution < 1.29 is 18.9 Å². The Morgan fingerprint density at radius 2 is 1.55 bits per heavy atom. The lowest BCUT2D eigenvalue weighted by Gasteiger charge is -2.31. The summed E-state index contributed by atoms with van der Waals surface area (Å²) >= 11 is 0. The standard InChI is InChI=1S/C27H34O4/c1-4-22(17-20-13-9-7-10-14-20)24-26-25(30-27(5-2,6-3)31-26)23(29-24)19-28-18-21-15-11-8-12-16-21/h4,7-16,22-26H,1,5-6,17-19H2,2-3H3/t22?,23-,24+,25-,26+/m1/s1. The van der Waals surface area contributed by atoms with Gasteiger partial charge in [0.25, 0.3) is 0 Å². The zero-order chi connectivity index (χ0) is 21.7. The molecule has 1 unspecified atom stereocenters. The molecule has 31 heavy (non-hydrogen) atoms. The van der Waals surface area contributed by atoms with Crippen molar-refractivity contribution in [2.24, 2.45) is 5.92 Å². The van der Waals surface area contributed by atoms with Crippen LogP contribution in [0.3, 0.4) is 0 Å². The Labute approximate surface area is 186 Å². The van der Waals surface area contributed by atoms with Crippen LogP contribution in [-0.4, -0.2) is 36.8 Å². The number of ether oxygens (including phenoxy) is 4. The highest BCUT2D eigenvalue weighted by Crippen LogP contribution is 2.44. The van der Waals surface area contributed by atoms with Crippen LogP contribution in [0.5, 0.6) is 0 Å². The molecule has 2 fully saturated rings. The van der Waals surface area contributed by atoms with Crippen molar-refractivity contribution in [2.45, 2.75) is 69.9 Å². The van der Waals surface area contributed by atoms with Crippen LogP contribution in [-0.2, 0) is 32.0 Å². The first-order valence-corrected chi connectivity index (χ1v) is 11.5. The van der Waals surface area contributed by atoms with E-state index in [1.165, 1.54) is 5.56 Å². The smallest absolute Gasteiger partial charge is 0.169 e. The third-order valence-electron chi connectivity index (χ3n) is 6.56. The van der Waals surface area contributed by atoms with Crippen LogP contribution in [0.4, 0.5) is 0 Å². The van der Waals surface area contributed by atoms with Crippen LogP contribution in [0.15, 0.2) is 73.3 Å². The Morgan fingerprint density at radius 1 is 0.935 bits per heavy atom. The van der Waals surface area contributed by atoms with E-state index in [4.69, 9.17) is 18.9 Å². The Bertz CT molecular complexity index is 818. The number of hydrogen-bond acceptors (Lipinski definition) is 4. The van der Waals surface area contributed by atoms with Gasteiger partial charge in [0.1, 0.15) is 18.3 Å². The summed E-state index contributed by atoms with van der Waals surface area (Å²) in [5.41, 5.74) is 2.43. The molecule has 0 spiro atoms. The van der Waals surface area contributed by atoms with Crippen LogP contribution in [0, 0.1) is 5.92 Å². The average molecular weight is 423 g/mol. The lowest BCUT2D eigenvalue weighted by Crippen LogP contribution is -2.37. The van der Waals surface area contributed by atoms with E-state index in [0.29, 0.717) is 13.2 Å². The Kier molecular flexibility index (Phi) is 7.24. The summed E-state index contributed by atoms with van der Waals surface area (Å²) in [6, 6.07) is 20.7. The first-order valence-electron chi connectivity index (χ1n) is 11.5. The van der Waals surface area contributed by atoms with Crippen molar-refractivity contribution in [3.63, 3.8) is 0 Å². The van der Waals surface area contributed by atoms with E-state index in [9.17, 15) is 0 Å². The molecule has 4 nitrogen and oxygen atoms in total. The van der Waals surface area contributed by atoms with Crippen LogP contribution in [0.1, 0.15) is 37.8 Å². The van der Waals surface area contributed by atoms with E-state index in [1.54, 1.807) is 0 Å². The van der Waals surface area contributed by atoms with Gasteiger partial charge in [0, 0.05) is 5.92 Å². The second kappa shape index (κ2) is 10.1. The van der Waals surface area contributed by atoms with Crippen molar-refractivity contribution in [3.8, 4) is 0 Å². The summed E-state index contributed by atoms with van der Waals surface area (Å²) in [5.74, 6) is -0.393. The van der Waals surface area contributed by atoms with Gasteiger partial charge in [-0.05, 0) is 30.4 Å². The van der Waals surface area contributed by atoms with Gasteiger partial charge in [0.05, 0.1) is 19.3 Å². The van der Waals surface area contributed by atoms with Crippen molar-refractivity contribution in [3.05, 3.63) is 84.4 Å². The lowest BCUT2D eigenvalue weighted by atomic mass is 9.90. The van der Waals surface area contributed by atoms with Gasteiger partial charge in [-0.1, -0.05) is 80.6 Å². The molecule has 2 saturated heterocycles. The zero-order valence-corrected chi connectivity index (χ0v) is 18.6. The molecule has 0 aromatic heterocycles. The Hall–Kier alpha value is -1.98. The van der Waals surface area contributed by atoms with E-state index in [0.717, 1.165) is 24.8 Å². The third kappa shape index (κ3) is 4.93. The molecule has 0 bridgehead atoms. The van der Waals surface area contributed by atoms with Gasteiger partial charge in [0.15, 0.2) is 5.79 Å². The maximum absolute atomic E-state index is 6.55. The molecule has 0 saturated carbocycles. The number of benzene rings is 2. The van der Waals surface area contributed by atoms with Crippen molar-refractivity contribution >= 4 is 0 Å². The van der Waals surface area contributed by atoms with E-state index >= 15 is 0 Å². The van der Waals surface area contributed by atoms with Gasteiger partial charge in [-0.3, -0.25) is 0 Å². The predicted octanol–water partition coefficient (Wildman–Crippen LogP) is 5.32. The van der Waals surface area contributed by atoms with Crippen LogP contribution in [0.25, 0.3) is 0 Å². The number of fused-ring (bicyclic) bond motifs is 1. The van der Waals surface area contributed by atoms with E-state index in [1.807, 2.05) is 30.3 Å². The highest BCUT2D eigenvalue weighted by molar-refractivity contribution is 5.18. The van der Waals surface area contributed by atoms with E-state index in [-0.39, 0.29) is 30.3 Å². The fourth-order valence-corrected chi connectivity index (χ4v) is 4.71. The van der Waals surface area contributed by atoms with Crippen LogP contribution < -0.4 is 0 Å². The SMILES string of the molecule is C=CC(Cc1ccccc1)[C@@H]1O[C@H](COCc2ccccc2)[C@H]2OC(CC)(CC)O[C@H]21. The summed E-state index contributed by atoms with van der Waals surface area (Å²) in [7, 11) is 0. The maximum atomic E-state index is 6.55. The molecule has 0 N–H and O–H groups in total. The first-order chi connectivity index (χ1) is 15.2. The molecular formula is C27H34O4. The topological polar surface area (TPSA) is 36.9 Å². The van der Waals surface area contributed by atoms with Crippen LogP contribution >= 0.6 is 0 Å². The van der Waals surface area contributed by atoms with E-state index in [2.05, 4.69) is 56.8 Å². The second-order valence-corrected chi connectivity index (χ2v) is 8.51. The minimum Gasteiger partial charge on any atom is -0.374 e. The molecule has 5 atom stereocenters. The summed E-state index contributed by atoms with van der Waals surface area (Å²) in [6.45, 7) is 9.40. The summed E-state index contributed by atoms with van der Waals surface area (Å²) in [4.78, 5) is 0. The lowest BCUT2D eigenvalue weighted by molar-refractivity contribution is -0.219. The van der Waals surface area contributed by atoms with Gasteiger partial charge >= 0.3 is 0 Å². The predicted molar refractivity (Wildman–Crippen MR) is 122 cm³/mol. The first kappa shape index (κ1) is 22.2. The number of rotatable bonds is 10. The summed E-state index contributed by atoms with van der Waals surface area (Å²) in [6.07, 6.45) is 4.00. The van der Waals surface area contributed by atoms with Gasteiger partial charge in [-0.15, -0.1) is 6.58 Å². The van der Waals surface area contributed by atoms with Gasteiger partial charge in [0.2, 0.25) is 0 Å². The highest BCUT2D eigenvalue weighted by Gasteiger charge is 2.58. The third-order valence-corrected chi connectivity index (χ3v) is 6.56. The minimum absolute atomic E-state index is 0.104. The molecule has 4 heteroatoms. The quantitative estimate of drug-likeness (QED) is 0.486. The maximum Gasteiger partial charge on any atom is 0.169 e. The number of hydrogen-bond donors (Lipinski definition) is 0. The van der Waals surface area contributed by atoms with Crippen molar-refractivity contribution in [1.82, 2.24) is 0 Å². The second-order valence-electron chi connectivity index (χ2n) is 8.51. The van der Waals surface area contributed by atoms with Crippen molar-refractivity contribution in [1.29, 1.82) is 0 Å². The molecular weight excluding hydrogens is 388 g/mol. The normalized spacial score (nSPS) is 27.7. The Morgan fingerprint density at radius 3 is 2.16 bits per heavy atom.